The van der Waals surface area contributed by atoms with Gasteiger partial charge in [-0.15, -0.1) is 29.7 Å². The van der Waals surface area contributed by atoms with E-state index in [-0.39, 0.29) is 93.8 Å². The van der Waals surface area contributed by atoms with Crippen LogP contribution in [-0.4, -0.2) is 14.1 Å². The van der Waals surface area contributed by atoms with Crippen molar-refractivity contribution in [2.24, 2.45) is 0 Å². The van der Waals surface area contributed by atoms with Crippen molar-refractivity contribution in [1.29, 1.82) is 0 Å². The van der Waals surface area contributed by atoms with Gasteiger partial charge in [0.15, 0.2) is 0 Å². The van der Waals surface area contributed by atoms with Crippen molar-refractivity contribution in [3.8, 4) is 84.3 Å². The van der Waals surface area contributed by atoms with Crippen LogP contribution in [0.5, 0.6) is 11.5 Å². The maximum Gasteiger partial charge on any atom is 0.268 e. The number of imidazole rings is 1. The van der Waals surface area contributed by atoms with Gasteiger partial charge >= 0.3 is 0 Å². The first-order valence-corrected chi connectivity index (χ1v) is 27.3. The molecule has 0 saturated carbocycles. The molecule has 3 aromatic heterocycles. The number of hydrogen-bond donors (Lipinski definition) is 0. The molecule has 4 heterocycles. The van der Waals surface area contributed by atoms with Gasteiger partial charge in [0.05, 0.1) is 20.8 Å². The molecule has 12 aromatic rings. The molecule has 0 N–H and O–H groups in total. The fraction of sp³-hybridized carbons (Fsp3) is 0.231. The van der Waals surface area contributed by atoms with Crippen molar-refractivity contribution in [2.75, 3.05) is 0 Å². The largest absolute Gasteiger partial charge is 0.510 e. The molecule has 2 aliphatic rings. The number of aryl methyl sites for hydroxylation is 2. The first kappa shape index (κ1) is 33.4. The maximum absolute atomic E-state index is 10.5. The van der Waals surface area contributed by atoms with Crippen LogP contribution < -0.4 is 9.30 Å². The zero-order chi connectivity index (χ0) is 78.7. The van der Waals surface area contributed by atoms with Crippen molar-refractivity contribution in [1.82, 2.24) is 14.1 Å². The molecule has 1 aliphatic carbocycles. The average molecular weight is 1300 g/mol. The summed E-state index contributed by atoms with van der Waals surface area (Å²) in [5, 5.41) is 1.75. The van der Waals surface area contributed by atoms with Crippen LogP contribution in [0.4, 0.5) is 0 Å². The van der Waals surface area contributed by atoms with Crippen molar-refractivity contribution < 1.29 is 64.6 Å². The minimum Gasteiger partial charge on any atom is -0.510 e. The number of nitrogens with zero attached hydrogens (tertiary/aromatic N) is 4. The standard InChI is InChI=1S/C78H70N4O.Pt/c1-48-21-19-22-49(2)72(48)65-43-53(76(6,7)8)42-64-60-28-16-14-26-58(60)57-25-13-15-27-59(57)63-39-51(50-31-34-66-67(40-50)78(11,12)37-36-77(66,9)10)41-70-74(63)81(73(64)65)47-80(70)54-23-20-24-55(45-54)83-56-32-33-62-61-29-17-18-30-68(61)82(69(62)46-56)71-44-52(35-38-79-71)75(3,4)5;/h13-35,38-44H,36-37H2,1-12H3;/q-2;/i1D3,2D3,9D3,10D3,11D3,12D3,31D,34D,36D2,37D2,40D;. The Morgan fingerprint density at radius 3 is 1.93 bits per heavy atom. The molecular formula is C78H70N4OPt-2. The van der Waals surface area contributed by atoms with Gasteiger partial charge in [-0.1, -0.05) is 196 Å². The molecular weight excluding hydrogens is 1200 g/mol. The van der Waals surface area contributed by atoms with Crippen molar-refractivity contribution in [3.05, 3.63) is 234 Å². The zero-order valence-corrected chi connectivity index (χ0v) is 48.9. The third-order valence-corrected chi connectivity index (χ3v) is 15.9. The summed E-state index contributed by atoms with van der Waals surface area (Å²) in [6.07, 6.45) is -3.89. The van der Waals surface area contributed by atoms with E-state index in [2.05, 4.69) is 39.2 Å². The molecule has 0 fully saturated rings. The summed E-state index contributed by atoms with van der Waals surface area (Å²) in [5.74, 6) is 0.939. The van der Waals surface area contributed by atoms with Crippen LogP contribution in [0.25, 0.3) is 106 Å². The van der Waals surface area contributed by atoms with Crippen LogP contribution in [0.2, 0.25) is 0 Å². The normalized spacial score (nSPS) is 20.7. The van der Waals surface area contributed by atoms with Gasteiger partial charge in [-0.2, -0.15) is 18.2 Å². The van der Waals surface area contributed by atoms with E-state index in [1.165, 1.54) is 34.9 Å². The molecule has 420 valence electrons. The van der Waals surface area contributed by atoms with Crippen molar-refractivity contribution in [3.63, 3.8) is 0 Å². The molecule has 0 radical (unpaired) electrons. The Kier molecular flexibility index (Phi) is 7.96. The maximum atomic E-state index is 10.5. The van der Waals surface area contributed by atoms with E-state index >= 15 is 0 Å². The molecule has 0 spiro atoms. The van der Waals surface area contributed by atoms with E-state index in [4.69, 9.17) is 34.4 Å². The summed E-state index contributed by atoms with van der Waals surface area (Å²) in [6.45, 7) is -11.1. The first-order chi connectivity index (χ1) is 49.9. The molecule has 0 bridgehead atoms. The number of rotatable bonds is 6. The molecule has 0 amide bonds. The van der Waals surface area contributed by atoms with Crippen LogP contribution in [0.3, 0.4) is 0 Å². The third-order valence-electron chi connectivity index (χ3n) is 15.9. The van der Waals surface area contributed by atoms with Gasteiger partial charge in [0, 0.05) is 74.4 Å². The van der Waals surface area contributed by atoms with Gasteiger partial charge in [-0.3, -0.25) is 4.57 Å². The molecule has 1 aliphatic heterocycles. The van der Waals surface area contributed by atoms with E-state index in [9.17, 15) is 9.60 Å². The predicted molar refractivity (Wildman–Crippen MR) is 343 cm³/mol. The van der Waals surface area contributed by atoms with E-state index in [1.807, 2.05) is 92.1 Å². The van der Waals surface area contributed by atoms with Gasteiger partial charge in [-0.05, 0) is 172 Å². The minimum absolute atomic E-state index is 0. The monoisotopic (exact) mass is 1300 g/mol. The molecule has 0 atom stereocenters. The molecule has 6 heteroatoms. The number of benzene rings is 9. The quantitative estimate of drug-likeness (QED) is 0.123. The van der Waals surface area contributed by atoms with Crippen LogP contribution in [0.15, 0.2) is 182 Å². The Bertz CT molecular complexity index is 5680. The van der Waals surface area contributed by atoms with Gasteiger partial charge < -0.3 is 13.9 Å². The fourth-order valence-corrected chi connectivity index (χ4v) is 11.7. The van der Waals surface area contributed by atoms with Gasteiger partial charge in [0.1, 0.15) is 5.82 Å². The predicted octanol–water partition coefficient (Wildman–Crippen LogP) is 19.8. The third kappa shape index (κ3) is 9.08. The number of pyridine rings is 1. The number of ether oxygens (including phenoxy) is 1. The van der Waals surface area contributed by atoms with E-state index in [0.717, 1.165) is 21.9 Å². The Morgan fingerprint density at radius 1 is 0.583 bits per heavy atom. The summed E-state index contributed by atoms with van der Waals surface area (Å²) < 4.78 is 244. The summed E-state index contributed by atoms with van der Waals surface area (Å²) in [6, 6.07) is 47.9. The zero-order valence-electron chi connectivity index (χ0n) is 71.6. The van der Waals surface area contributed by atoms with Crippen molar-refractivity contribution >= 4 is 32.8 Å². The van der Waals surface area contributed by atoms with Gasteiger partial charge in [0.2, 0.25) is 0 Å². The van der Waals surface area contributed by atoms with E-state index in [1.54, 1.807) is 71.4 Å². The molecule has 0 saturated heterocycles. The topological polar surface area (TPSA) is 35.9 Å². The van der Waals surface area contributed by atoms with E-state index in [0.29, 0.717) is 44.7 Å². The average Bonchev–Trinajstić information content (AvgIpc) is 1.05. The van der Waals surface area contributed by atoms with Crippen LogP contribution in [0, 0.1) is 32.2 Å². The Labute approximate surface area is 545 Å². The summed E-state index contributed by atoms with van der Waals surface area (Å²) in [4.78, 5) is 4.83. The van der Waals surface area contributed by atoms with Gasteiger partial charge in [0.25, 0.3) is 6.33 Å². The number of aromatic nitrogens is 4. The second-order valence-electron chi connectivity index (χ2n) is 23.5. The summed E-state index contributed by atoms with van der Waals surface area (Å²) >= 11 is 0. The van der Waals surface area contributed by atoms with Crippen LogP contribution >= 0.6 is 0 Å². The summed E-state index contributed by atoms with van der Waals surface area (Å²) in [7, 11) is 0. The SMILES string of the molecule is [2H]c1c([2H])c2c(c([2H])c1-c1cc3c4c(c1)n(-c1[c-]c(Oc5[c-]c6c(cc5)c5ccccc5n6-c5cc(C(C)(C)C)ccn5)ccc1)[c-][n+]4-c1c(cc(C(C)(C)C)cc1-c1c(C([2H])([2H])[2H])cccc1C([2H])([2H])[2H])-c1ccccc1-c1ccccc1-3)C(C([2H])([2H])[2H])(C([2H])([2H])[2H])C([2H])([2H])C([2H])([2H])C2(C([2H])([2H])[2H])C([2H])([2H])[2H].[Pt]. The first-order valence-electron chi connectivity index (χ1n) is 39.8. The smallest absolute Gasteiger partial charge is 0.268 e. The molecule has 14 rings (SSSR count). The second-order valence-corrected chi connectivity index (χ2v) is 23.5. The number of para-hydroxylation sites is 1. The van der Waals surface area contributed by atoms with Crippen LogP contribution in [-0.2, 0) is 42.7 Å². The number of hydrogen-bond acceptors (Lipinski definition) is 2. The molecule has 84 heavy (non-hydrogen) atoms. The molecule has 0 unspecified atom stereocenters. The minimum atomic E-state index is -4.61. The van der Waals surface area contributed by atoms with E-state index < -0.39 is 105 Å². The van der Waals surface area contributed by atoms with Crippen molar-refractivity contribution in [2.45, 2.75) is 117 Å². The van der Waals surface area contributed by atoms with Crippen LogP contribution in [0.1, 0.15) is 149 Å². The molecule has 5 nitrogen and oxygen atoms in total. The summed E-state index contributed by atoms with van der Waals surface area (Å²) in [5.41, 5.74) is -8.79. The number of fused-ring (bicyclic) bond motifs is 11. The van der Waals surface area contributed by atoms with Gasteiger partial charge in [-0.25, -0.2) is 4.98 Å². The Morgan fingerprint density at radius 2 is 1.23 bits per heavy atom. The second kappa shape index (κ2) is 20.0. The molecule has 9 aromatic carbocycles. The Balaban J connectivity index is 0.0000105. The fourth-order valence-electron chi connectivity index (χ4n) is 11.7. The Hall–Kier alpha value is -8.11.